The molecular weight excluding hydrogens is 359 g/mol. The van der Waals surface area contributed by atoms with Gasteiger partial charge in [0.05, 0.1) is 12.5 Å². The predicted molar refractivity (Wildman–Crippen MR) is 109 cm³/mol. The van der Waals surface area contributed by atoms with Crippen molar-refractivity contribution in [2.45, 2.75) is 6.42 Å². The van der Waals surface area contributed by atoms with Gasteiger partial charge in [0.1, 0.15) is 18.2 Å². The van der Waals surface area contributed by atoms with Gasteiger partial charge in [-0.2, -0.15) is 0 Å². The number of nitrogens with zero attached hydrogens (tertiary/aromatic N) is 2. The lowest BCUT2D eigenvalue weighted by Crippen LogP contribution is -2.45. The van der Waals surface area contributed by atoms with E-state index in [2.05, 4.69) is 10.3 Å². The van der Waals surface area contributed by atoms with Crippen molar-refractivity contribution < 1.29 is 13.9 Å². The molecule has 0 aliphatic carbocycles. The number of likely N-dealkylation sites (N-methyl/N-ethyl adjacent to an activating group) is 1. The molecule has 150 valence electrons. The standard InChI is InChI=1S/C21H27FN4O2/c1-24-21(26(2)12-13-28-19-6-4-3-5-7-19)25-15-17(20(23)27)14-16-8-10-18(22)11-9-16/h3-11,17H,12-15H2,1-2H3,(H2,23,27)(H,24,25). The van der Waals surface area contributed by atoms with E-state index >= 15 is 0 Å². The van der Waals surface area contributed by atoms with Crippen LogP contribution in [0.15, 0.2) is 59.6 Å². The van der Waals surface area contributed by atoms with Crippen molar-refractivity contribution in [2.75, 3.05) is 33.8 Å². The minimum absolute atomic E-state index is 0.308. The van der Waals surface area contributed by atoms with Crippen LogP contribution in [0.1, 0.15) is 5.56 Å². The monoisotopic (exact) mass is 386 g/mol. The Morgan fingerprint density at radius 2 is 1.89 bits per heavy atom. The predicted octanol–water partition coefficient (Wildman–Crippen LogP) is 2.06. The maximum Gasteiger partial charge on any atom is 0.222 e. The Morgan fingerprint density at radius 1 is 1.21 bits per heavy atom. The van der Waals surface area contributed by atoms with E-state index < -0.39 is 11.8 Å². The number of aliphatic imine (C=N–C) groups is 1. The molecule has 28 heavy (non-hydrogen) atoms. The number of nitrogens with two attached hydrogens (primary N) is 1. The molecule has 6 nitrogen and oxygen atoms in total. The first kappa shape index (κ1) is 21.2. The number of hydrogen-bond donors (Lipinski definition) is 2. The average molecular weight is 386 g/mol. The second-order valence-corrected chi connectivity index (χ2v) is 6.44. The summed E-state index contributed by atoms with van der Waals surface area (Å²) in [6.07, 6.45) is 0.431. The summed E-state index contributed by atoms with van der Waals surface area (Å²) in [5.41, 5.74) is 6.39. The number of ether oxygens (including phenoxy) is 1. The molecule has 0 aromatic heterocycles. The highest BCUT2D eigenvalue weighted by Gasteiger charge is 2.17. The quantitative estimate of drug-likeness (QED) is 0.511. The molecule has 1 unspecified atom stereocenters. The Hall–Kier alpha value is -3.09. The zero-order valence-electron chi connectivity index (χ0n) is 16.3. The number of para-hydroxylation sites is 1. The molecule has 2 rings (SSSR count). The van der Waals surface area contributed by atoms with Crippen LogP contribution in [0.4, 0.5) is 4.39 Å². The fraction of sp³-hybridized carbons (Fsp3) is 0.333. The van der Waals surface area contributed by atoms with Crippen molar-refractivity contribution in [3.05, 3.63) is 66.0 Å². The number of nitrogens with one attached hydrogen (secondary N) is 1. The molecule has 0 saturated carbocycles. The summed E-state index contributed by atoms with van der Waals surface area (Å²) in [6.45, 7) is 1.45. The van der Waals surface area contributed by atoms with Gasteiger partial charge in [-0.1, -0.05) is 30.3 Å². The maximum atomic E-state index is 13.0. The molecule has 0 radical (unpaired) electrons. The molecule has 0 aliphatic rings. The normalized spacial score (nSPS) is 12.3. The van der Waals surface area contributed by atoms with Crippen molar-refractivity contribution in [3.63, 3.8) is 0 Å². The van der Waals surface area contributed by atoms with Gasteiger partial charge in [0, 0.05) is 20.6 Å². The van der Waals surface area contributed by atoms with E-state index in [4.69, 9.17) is 10.5 Å². The summed E-state index contributed by atoms with van der Waals surface area (Å²) in [5.74, 6) is 0.296. The number of halogens is 1. The van der Waals surface area contributed by atoms with Crippen LogP contribution in [0.2, 0.25) is 0 Å². The van der Waals surface area contributed by atoms with Crippen molar-refractivity contribution >= 4 is 11.9 Å². The number of hydrogen-bond acceptors (Lipinski definition) is 3. The number of carbonyl (C=O) groups is 1. The zero-order chi connectivity index (χ0) is 20.4. The van der Waals surface area contributed by atoms with Crippen LogP contribution in [0.3, 0.4) is 0 Å². The van der Waals surface area contributed by atoms with Crippen LogP contribution < -0.4 is 15.8 Å². The Labute approximate surface area is 165 Å². The minimum Gasteiger partial charge on any atom is -0.492 e. The lowest BCUT2D eigenvalue weighted by Gasteiger charge is -2.24. The van der Waals surface area contributed by atoms with Gasteiger partial charge in [-0.25, -0.2) is 4.39 Å². The smallest absolute Gasteiger partial charge is 0.222 e. The zero-order valence-corrected chi connectivity index (χ0v) is 16.3. The highest BCUT2D eigenvalue weighted by molar-refractivity contribution is 5.81. The van der Waals surface area contributed by atoms with Crippen molar-refractivity contribution in [3.8, 4) is 5.75 Å². The summed E-state index contributed by atoms with van der Waals surface area (Å²) < 4.78 is 18.7. The molecule has 0 saturated heterocycles. The fourth-order valence-corrected chi connectivity index (χ4v) is 2.70. The highest BCUT2D eigenvalue weighted by atomic mass is 19.1. The van der Waals surface area contributed by atoms with Gasteiger partial charge in [-0.15, -0.1) is 0 Å². The van der Waals surface area contributed by atoms with Crippen LogP contribution >= 0.6 is 0 Å². The van der Waals surface area contributed by atoms with Crippen LogP contribution in [0, 0.1) is 11.7 Å². The molecule has 0 aliphatic heterocycles. The van der Waals surface area contributed by atoms with Gasteiger partial charge in [-0.05, 0) is 36.2 Å². The summed E-state index contributed by atoms with van der Waals surface area (Å²) in [5, 5.41) is 3.18. The number of primary amides is 1. The van der Waals surface area contributed by atoms with Gasteiger partial charge in [0.15, 0.2) is 5.96 Å². The molecule has 1 atom stereocenters. The third-order valence-electron chi connectivity index (χ3n) is 4.32. The highest BCUT2D eigenvalue weighted by Crippen LogP contribution is 2.10. The van der Waals surface area contributed by atoms with Crippen LogP contribution in [-0.4, -0.2) is 50.6 Å². The van der Waals surface area contributed by atoms with Crippen molar-refractivity contribution in [1.82, 2.24) is 10.2 Å². The molecule has 7 heteroatoms. The molecule has 0 bridgehead atoms. The molecule has 3 N–H and O–H groups in total. The third kappa shape index (κ3) is 6.90. The molecule has 2 aromatic carbocycles. The van der Waals surface area contributed by atoms with Gasteiger partial charge in [0.25, 0.3) is 0 Å². The number of benzene rings is 2. The van der Waals surface area contributed by atoms with Crippen molar-refractivity contribution in [1.29, 1.82) is 0 Å². The summed E-state index contributed by atoms with van der Waals surface area (Å²) in [7, 11) is 3.57. The lowest BCUT2D eigenvalue weighted by atomic mass is 9.98. The van der Waals surface area contributed by atoms with Crippen LogP contribution in [0.5, 0.6) is 5.75 Å². The Balaban J connectivity index is 1.83. The largest absolute Gasteiger partial charge is 0.492 e. The van der Waals surface area contributed by atoms with Gasteiger partial charge in [0.2, 0.25) is 5.91 Å². The van der Waals surface area contributed by atoms with E-state index in [9.17, 15) is 9.18 Å². The first-order valence-corrected chi connectivity index (χ1v) is 9.13. The molecule has 0 fully saturated rings. The van der Waals surface area contributed by atoms with E-state index in [-0.39, 0.29) is 5.82 Å². The number of carbonyl (C=O) groups excluding carboxylic acids is 1. The van der Waals surface area contributed by atoms with Crippen LogP contribution in [0.25, 0.3) is 0 Å². The molecular formula is C21H27FN4O2. The SMILES string of the molecule is CN=C(NCC(Cc1ccc(F)cc1)C(N)=O)N(C)CCOc1ccccc1. The average Bonchev–Trinajstić information content (AvgIpc) is 2.69. The minimum atomic E-state index is -0.434. The number of amides is 1. The fourth-order valence-electron chi connectivity index (χ4n) is 2.70. The Morgan fingerprint density at radius 3 is 2.50 bits per heavy atom. The van der Waals surface area contributed by atoms with Gasteiger partial charge < -0.3 is 20.7 Å². The summed E-state index contributed by atoms with van der Waals surface area (Å²) in [4.78, 5) is 18.0. The molecule has 0 heterocycles. The number of guanidine groups is 1. The van der Waals surface area contributed by atoms with Crippen LogP contribution in [-0.2, 0) is 11.2 Å². The van der Waals surface area contributed by atoms with Gasteiger partial charge >= 0.3 is 0 Å². The first-order valence-electron chi connectivity index (χ1n) is 9.13. The summed E-state index contributed by atoms with van der Waals surface area (Å²) in [6, 6.07) is 15.7. The van der Waals surface area contributed by atoms with Gasteiger partial charge in [-0.3, -0.25) is 9.79 Å². The lowest BCUT2D eigenvalue weighted by molar-refractivity contribution is -0.121. The van der Waals surface area contributed by atoms with E-state index in [0.29, 0.717) is 32.1 Å². The second kappa shape index (κ2) is 10.9. The molecule has 0 spiro atoms. The Kier molecular flexibility index (Phi) is 8.27. The first-order chi connectivity index (χ1) is 13.5. The van der Waals surface area contributed by atoms with E-state index in [1.165, 1.54) is 12.1 Å². The maximum absolute atomic E-state index is 13.0. The van der Waals surface area contributed by atoms with E-state index in [1.807, 2.05) is 42.3 Å². The third-order valence-corrected chi connectivity index (χ3v) is 4.32. The number of rotatable bonds is 9. The van der Waals surface area contributed by atoms with E-state index in [1.54, 1.807) is 19.2 Å². The summed E-state index contributed by atoms with van der Waals surface area (Å²) >= 11 is 0. The topological polar surface area (TPSA) is 79.9 Å². The van der Waals surface area contributed by atoms with E-state index in [0.717, 1.165) is 11.3 Å². The Bertz CT molecular complexity index is 766. The molecule has 2 aromatic rings. The molecule has 1 amide bonds. The van der Waals surface area contributed by atoms with Crippen molar-refractivity contribution in [2.24, 2.45) is 16.6 Å². The second-order valence-electron chi connectivity index (χ2n) is 6.44.